The largest absolute Gasteiger partial charge is 0.486 e. The zero-order chi connectivity index (χ0) is 20.6. The molecule has 0 aliphatic rings. The van der Waals surface area contributed by atoms with Gasteiger partial charge in [0.2, 0.25) is 0 Å². The molecular formula is C21H26FIN6O. The average molecular weight is 524 g/mol. The molecule has 0 radical (unpaired) electrons. The van der Waals surface area contributed by atoms with Crippen molar-refractivity contribution in [1.82, 2.24) is 25.2 Å². The molecule has 3 rings (SSSR count). The number of benzene rings is 1. The molecule has 2 aromatic heterocycles. The van der Waals surface area contributed by atoms with Gasteiger partial charge < -0.3 is 15.4 Å². The maximum atomic E-state index is 13.7. The molecule has 0 aliphatic heterocycles. The molecule has 0 bridgehead atoms. The summed E-state index contributed by atoms with van der Waals surface area (Å²) in [4.78, 5) is 12.9. The molecule has 1 unspecified atom stereocenters. The van der Waals surface area contributed by atoms with Crippen molar-refractivity contribution >= 4 is 29.9 Å². The van der Waals surface area contributed by atoms with Crippen molar-refractivity contribution < 1.29 is 9.13 Å². The topological polar surface area (TPSA) is 76.4 Å². The van der Waals surface area contributed by atoms with Crippen molar-refractivity contribution in [2.75, 3.05) is 13.6 Å². The molecule has 2 heterocycles. The normalized spacial score (nSPS) is 12.1. The van der Waals surface area contributed by atoms with Gasteiger partial charge in [0, 0.05) is 32.2 Å². The van der Waals surface area contributed by atoms with Crippen LogP contribution in [0.5, 0.6) is 5.75 Å². The Labute approximate surface area is 192 Å². The number of halogens is 2. The summed E-state index contributed by atoms with van der Waals surface area (Å²) < 4.78 is 21.2. The minimum Gasteiger partial charge on any atom is -0.486 e. The van der Waals surface area contributed by atoms with Gasteiger partial charge in [-0.3, -0.25) is 9.56 Å². The summed E-state index contributed by atoms with van der Waals surface area (Å²) in [6.07, 6.45) is 5.22. The van der Waals surface area contributed by atoms with Crippen molar-refractivity contribution in [3.8, 4) is 11.6 Å². The minimum atomic E-state index is -0.372. The number of rotatable bonds is 7. The second-order valence-electron chi connectivity index (χ2n) is 6.53. The first-order chi connectivity index (χ1) is 14.1. The molecule has 1 aromatic carbocycles. The predicted octanol–water partition coefficient (Wildman–Crippen LogP) is 3.47. The van der Waals surface area contributed by atoms with E-state index in [1.807, 2.05) is 42.9 Å². The summed E-state index contributed by atoms with van der Waals surface area (Å²) in [5.41, 5.74) is 1.02. The van der Waals surface area contributed by atoms with E-state index in [1.54, 1.807) is 31.4 Å². The van der Waals surface area contributed by atoms with E-state index in [2.05, 4.69) is 25.6 Å². The standard InChI is InChI=1S/C21H25FN6O.HI/c1-15(29-19-7-5-4-6-18(19)22)12-26-21(23-3)27-14-17-8-9-20(25-13-17)28-11-10-24-16(28)2;/h4-11,13,15H,12,14H2,1-3H3,(H2,23,26,27);1H. The van der Waals surface area contributed by atoms with E-state index in [0.29, 0.717) is 19.0 Å². The molecule has 0 spiro atoms. The molecule has 160 valence electrons. The number of ether oxygens (including phenoxy) is 1. The maximum Gasteiger partial charge on any atom is 0.191 e. The molecule has 30 heavy (non-hydrogen) atoms. The second kappa shape index (κ2) is 11.5. The Balaban J connectivity index is 0.00000320. The number of para-hydroxylation sites is 1. The number of hydrogen-bond acceptors (Lipinski definition) is 4. The van der Waals surface area contributed by atoms with Gasteiger partial charge in [0.05, 0.1) is 6.54 Å². The Bertz CT molecular complexity index is 960. The van der Waals surface area contributed by atoms with Crippen LogP contribution in [-0.4, -0.2) is 40.2 Å². The molecule has 0 saturated carbocycles. The summed E-state index contributed by atoms with van der Waals surface area (Å²) in [6.45, 7) is 4.85. The Hall–Kier alpha value is -2.69. The average Bonchev–Trinajstić information content (AvgIpc) is 3.16. The minimum absolute atomic E-state index is 0. The highest BCUT2D eigenvalue weighted by Crippen LogP contribution is 2.16. The number of guanidine groups is 1. The van der Waals surface area contributed by atoms with E-state index < -0.39 is 0 Å². The van der Waals surface area contributed by atoms with E-state index in [9.17, 15) is 4.39 Å². The zero-order valence-corrected chi connectivity index (χ0v) is 19.5. The number of aromatic nitrogens is 3. The van der Waals surface area contributed by atoms with Crippen LogP contribution in [0.1, 0.15) is 18.3 Å². The highest BCUT2D eigenvalue weighted by atomic mass is 127. The van der Waals surface area contributed by atoms with Crippen LogP contribution >= 0.6 is 24.0 Å². The fourth-order valence-corrected chi connectivity index (χ4v) is 2.73. The second-order valence-corrected chi connectivity index (χ2v) is 6.53. The Morgan fingerprint density at radius 3 is 2.63 bits per heavy atom. The first kappa shape index (κ1) is 23.6. The molecule has 0 saturated heterocycles. The highest BCUT2D eigenvalue weighted by Gasteiger charge is 2.09. The van der Waals surface area contributed by atoms with Crippen LogP contribution < -0.4 is 15.4 Å². The van der Waals surface area contributed by atoms with Gasteiger partial charge in [0.25, 0.3) is 0 Å². The third kappa shape index (κ3) is 6.41. The lowest BCUT2D eigenvalue weighted by Gasteiger charge is -2.18. The van der Waals surface area contributed by atoms with E-state index in [4.69, 9.17) is 4.74 Å². The molecule has 2 N–H and O–H groups in total. The van der Waals surface area contributed by atoms with Crippen molar-refractivity contribution in [1.29, 1.82) is 0 Å². The van der Waals surface area contributed by atoms with Crippen LogP contribution in [-0.2, 0) is 6.54 Å². The van der Waals surface area contributed by atoms with E-state index in [-0.39, 0.29) is 41.6 Å². The van der Waals surface area contributed by atoms with Gasteiger partial charge in [0.1, 0.15) is 17.7 Å². The molecule has 9 heteroatoms. The number of nitrogens with zero attached hydrogens (tertiary/aromatic N) is 4. The van der Waals surface area contributed by atoms with Crippen LogP contribution in [0, 0.1) is 12.7 Å². The summed E-state index contributed by atoms with van der Waals surface area (Å²) in [5.74, 6) is 2.21. The van der Waals surface area contributed by atoms with Crippen molar-refractivity contribution in [2.24, 2.45) is 4.99 Å². The van der Waals surface area contributed by atoms with Gasteiger partial charge in [-0.15, -0.1) is 24.0 Å². The van der Waals surface area contributed by atoms with Crippen molar-refractivity contribution in [3.05, 3.63) is 72.2 Å². The van der Waals surface area contributed by atoms with Crippen molar-refractivity contribution in [2.45, 2.75) is 26.5 Å². The van der Waals surface area contributed by atoms with Gasteiger partial charge >= 0.3 is 0 Å². The highest BCUT2D eigenvalue weighted by molar-refractivity contribution is 14.0. The Morgan fingerprint density at radius 1 is 1.20 bits per heavy atom. The fraction of sp³-hybridized carbons (Fsp3) is 0.286. The lowest BCUT2D eigenvalue weighted by Crippen LogP contribution is -2.41. The number of imidazole rings is 1. The monoisotopic (exact) mass is 524 g/mol. The van der Waals surface area contributed by atoms with Gasteiger partial charge in [-0.2, -0.15) is 0 Å². The Kier molecular flexibility index (Phi) is 9.03. The number of hydrogen-bond donors (Lipinski definition) is 2. The third-order valence-electron chi connectivity index (χ3n) is 4.29. The molecule has 3 aromatic rings. The predicted molar refractivity (Wildman–Crippen MR) is 126 cm³/mol. The lowest BCUT2D eigenvalue weighted by atomic mass is 10.3. The zero-order valence-electron chi connectivity index (χ0n) is 17.2. The molecule has 0 amide bonds. The van der Waals surface area contributed by atoms with Gasteiger partial charge in [0.15, 0.2) is 17.5 Å². The Morgan fingerprint density at radius 2 is 2.00 bits per heavy atom. The first-order valence-electron chi connectivity index (χ1n) is 9.37. The third-order valence-corrected chi connectivity index (χ3v) is 4.29. The summed E-state index contributed by atoms with van der Waals surface area (Å²) >= 11 is 0. The SMILES string of the molecule is CN=C(NCc1ccc(-n2ccnc2C)nc1)NCC(C)Oc1ccccc1F.I. The fourth-order valence-electron chi connectivity index (χ4n) is 2.73. The van der Waals surface area contributed by atoms with Crippen LogP contribution in [0.4, 0.5) is 4.39 Å². The molecule has 1 atom stereocenters. The van der Waals surface area contributed by atoms with E-state index in [0.717, 1.165) is 17.2 Å². The smallest absolute Gasteiger partial charge is 0.191 e. The molecule has 0 fully saturated rings. The quantitative estimate of drug-likeness (QED) is 0.281. The van der Waals surface area contributed by atoms with Gasteiger partial charge in [-0.1, -0.05) is 18.2 Å². The van der Waals surface area contributed by atoms with Crippen LogP contribution in [0.3, 0.4) is 0 Å². The summed E-state index contributed by atoms with van der Waals surface area (Å²) in [7, 11) is 1.70. The van der Waals surface area contributed by atoms with Crippen LogP contribution in [0.15, 0.2) is 60.0 Å². The summed E-state index contributed by atoms with van der Waals surface area (Å²) in [6, 6.07) is 10.3. The van der Waals surface area contributed by atoms with Crippen LogP contribution in [0.25, 0.3) is 5.82 Å². The number of nitrogens with one attached hydrogen (secondary N) is 2. The van der Waals surface area contributed by atoms with Gasteiger partial charge in [-0.25, -0.2) is 14.4 Å². The summed E-state index contributed by atoms with van der Waals surface area (Å²) in [5, 5.41) is 6.41. The van der Waals surface area contributed by atoms with E-state index >= 15 is 0 Å². The maximum absolute atomic E-state index is 13.7. The lowest BCUT2D eigenvalue weighted by molar-refractivity contribution is 0.214. The van der Waals surface area contributed by atoms with Crippen molar-refractivity contribution in [3.63, 3.8) is 0 Å². The van der Waals surface area contributed by atoms with E-state index in [1.165, 1.54) is 6.07 Å². The molecular weight excluding hydrogens is 498 g/mol. The number of pyridine rings is 1. The first-order valence-corrected chi connectivity index (χ1v) is 9.37. The molecule has 7 nitrogen and oxygen atoms in total. The number of aryl methyl sites for hydroxylation is 1. The van der Waals surface area contributed by atoms with Crippen LogP contribution in [0.2, 0.25) is 0 Å². The molecule has 0 aliphatic carbocycles. The number of aliphatic imine (C=N–C) groups is 1. The van der Waals surface area contributed by atoms with Gasteiger partial charge in [-0.05, 0) is 37.6 Å².